The van der Waals surface area contributed by atoms with E-state index in [1.54, 1.807) is 30.6 Å². The highest BCUT2D eigenvalue weighted by Gasteiger charge is 2.11. The molecule has 7 heteroatoms. The molecule has 0 saturated heterocycles. The van der Waals surface area contributed by atoms with Crippen molar-refractivity contribution in [3.05, 3.63) is 66.4 Å². The van der Waals surface area contributed by atoms with Crippen LogP contribution < -0.4 is 5.49 Å². The predicted octanol–water partition coefficient (Wildman–Crippen LogP) is 1.46. The van der Waals surface area contributed by atoms with E-state index in [9.17, 15) is 4.79 Å². The fraction of sp³-hybridized carbons (Fsp3) is 0.188. The summed E-state index contributed by atoms with van der Waals surface area (Å²) in [5.74, 6) is 0.362. The molecular weight excluding hydrogens is 292 g/mol. The molecule has 0 aromatic carbocycles. The minimum atomic E-state index is -0.172. The van der Waals surface area contributed by atoms with Gasteiger partial charge >= 0.3 is 0 Å². The van der Waals surface area contributed by atoms with Gasteiger partial charge in [-0.25, -0.2) is 14.6 Å². The maximum Gasteiger partial charge on any atom is 0.263 e. The molecule has 7 nitrogen and oxygen atoms in total. The van der Waals surface area contributed by atoms with Crippen LogP contribution in [0.4, 0.5) is 0 Å². The van der Waals surface area contributed by atoms with Crippen LogP contribution in [-0.4, -0.2) is 36.3 Å². The quantitative estimate of drug-likeness (QED) is 0.734. The van der Waals surface area contributed by atoms with Crippen LogP contribution in [0.1, 0.15) is 24.2 Å². The smallest absolute Gasteiger partial charge is 0.263 e. The van der Waals surface area contributed by atoms with Crippen LogP contribution >= 0.6 is 0 Å². The fourth-order valence-corrected chi connectivity index (χ4v) is 2.12. The van der Waals surface area contributed by atoms with Crippen LogP contribution in [0.3, 0.4) is 0 Å². The highest BCUT2D eigenvalue weighted by Crippen LogP contribution is 2.07. The molecule has 0 fully saturated rings. The highest BCUT2D eigenvalue weighted by atomic mass is 16.2. The molecule has 0 radical (unpaired) electrons. The molecule has 3 aromatic rings. The molecule has 3 rings (SSSR count). The Labute approximate surface area is 133 Å². The summed E-state index contributed by atoms with van der Waals surface area (Å²) in [5.41, 5.74) is 1.12. The second kappa shape index (κ2) is 6.35. The number of aromatic nitrogens is 5. The molecule has 0 unspecified atom stereocenters. The van der Waals surface area contributed by atoms with Crippen molar-refractivity contribution in [2.45, 2.75) is 19.9 Å². The molecule has 0 aliphatic heterocycles. The Morgan fingerprint density at radius 3 is 2.87 bits per heavy atom. The van der Waals surface area contributed by atoms with Gasteiger partial charge in [0.25, 0.3) is 5.91 Å². The second-order valence-electron chi connectivity index (χ2n) is 5.20. The number of carbonyl (C=O) groups is 1. The number of nitrogens with zero attached hydrogens (tertiary/aromatic N) is 6. The summed E-state index contributed by atoms with van der Waals surface area (Å²) in [6, 6.07) is 8.92. The Kier molecular flexibility index (Phi) is 4.09. The van der Waals surface area contributed by atoms with Crippen molar-refractivity contribution in [1.29, 1.82) is 0 Å². The van der Waals surface area contributed by atoms with Crippen molar-refractivity contribution < 1.29 is 4.79 Å². The standard InChI is InChI=1S/C16H16N6O/c1-12(2)20-14-5-3-4-8-21(14)16(23)13-6-7-18-15(9-13)22-11-17-10-19-22/h3-12H,1-2H3. The summed E-state index contributed by atoms with van der Waals surface area (Å²) in [4.78, 5) is 25.4. The summed E-state index contributed by atoms with van der Waals surface area (Å²) < 4.78 is 3.03. The molecule has 3 aromatic heterocycles. The summed E-state index contributed by atoms with van der Waals surface area (Å²) >= 11 is 0. The Morgan fingerprint density at radius 1 is 1.26 bits per heavy atom. The van der Waals surface area contributed by atoms with E-state index in [2.05, 4.69) is 20.1 Å². The van der Waals surface area contributed by atoms with Gasteiger partial charge in [-0.05, 0) is 38.1 Å². The number of carbonyl (C=O) groups excluding carboxylic acids is 1. The van der Waals surface area contributed by atoms with Crippen LogP contribution in [0, 0.1) is 0 Å². The van der Waals surface area contributed by atoms with Gasteiger partial charge in [-0.1, -0.05) is 6.07 Å². The first kappa shape index (κ1) is 14.8. The SMILES string of the molecule is CC(C)N=c1ccccn1C(=O)c1ccnc(-n2cncn2)c1. The molecule has 0 N–H and O–H groups in total. The van der Waals surface area contributed by atoms with Crippen LogP contribution in [-0.2, 0) is 0 Å². The summed E-state index contributed by atoms with van der Waals surface area (Å²) in [6.07, 6.45) is 6.24. The summed E-state index contributed by atoms with van der Waals surface area (Å²) in [6.45, 7) is 3.94. The van der Waals surface area contributed by atoms with E-state index in [0.717, 1.165) is 0 Å². The minimum Gasteiger partial charge on any atom is -0.268 e. The lowest BCUT2D eigenvalue weighted by atomic mass is 10.2. The van der Waals surface area contributed by atoms with E-state index < -0.39 is 0 Å². The molecule has 0 atom stereocenters. The fourth-order valence-electron chi connectivity index (χ4n) is 2.12. The largest absolute Gasteiger partial charge is 0.268 e. The minimum absolute atomic E-state index is 0.0969. The lowest BCUT2D eigenvalue weighted by molar-refractivity contribution is 0.0954. The van der Waals surface area contributed by atoms with Crippen molar-refractivity contribution in [2.75, 3.05) is 0 Å². The van der Waals surface area contributed by atoms with Gasteiger partial charge in [0.15, 0.2) is 5.82 Å². The molecule has 0 spiro atoms. The Balaban J connectivity index is 2.04. The molecule has 0 aliphatic rings. The number of hydrogen-bond donors (Lipinski definition) is 0. The third-order valence-electron chi connectivity index (χ3n) is 3.09. The number of pyridine rings is 2. The van der Waals surface area contributed by atoms with Crippen LogP contribution in [0.25, 0.3) is 5.82 Å². The summed E-state index contributed by atoms with van der Waals surface area (Å²) in [7, 11) is 0. The van der Waals surface area contributed by atoms with Crippen molar-refractivity contribution in [3.8, 4) is 5.82 Å². The van der Waals surface area contributed by atoms with Crippen molar-refractivity contribution in [3.63, 3.8) is 0 Å². The first-order valence-corrected chi connectivity index (χ1v) is 7.22. The van der Waals surface area contributed by atoms with E-state index in [-0.39, 0.29) is 11.9 Å². The van der Waals surface area contributed by atoms with Gasteiger partial charge in [-0.3, -0.25) is 14.4 Å². The van der Waals surface area contributed by atoms with Crippen LogP contribution in [0.15, 0.2) is 60.4 Å². The zero-order chi connectivity index (χ0) is 16.2. The maximum atomic E-state index is 12.8. The van der Waals surface area contributed by atoms with Crippen molar-refractivity contribution >= 4 is 5.91 Å². The van der Waals surface area contributed by atoms with E-state index in [1.165, 1.54) is 21.9 Å². The molecular formula is C16H16N6O. The third-order valence-corrected chi connectivity index (χ3v) is 3.09. The zero-order valence-electron chi connectivity index (χ0n) is 12.9. The van der Waals surface area contributed by atoms with E-state index in [4.69, 9.17) is 0 Å². The zero-order valence-corrected chi connectivity index (χ0v) is 12.9. The molecule has 3 heterocycles. The molecule has 23 heavy (non-hydrogen) atoms. The Morgan fingerprint density at radius 2 is 2.13 bits per heavy atom. The monoisotopic (exact) mass is 308 g/mol. The van der Waals surface area contributed by atoms with Gasteiger partial charge in [0.1, 0.15) is 18.1 Å². The van der Waals surface area contributed by atoms with Crippen molar-refractivity contribution in [2.24, 2.45) is 4.99 Å². The number of hydrogen-bond acceptors (Lipinski definition) is 5. The van der Waals surface area contributed by atoms with E-state index >= 15 is 0 Å². The molecule has 0 amide bonds. The molecule has 0 saturated carbocycles. The van der Waals surface area contributed by atoms with E-state index in [1.807, 2.05) is 26.0 Å². The second-order valence-corrected chi connectivity index (χ2v) is 5.20. The highest BCUT2D eigenvalue weighted by molar-refractivity contribution is 5.96. The lowest BCUT2D eigenvalue weighted by Gasteiger charge is -2.08. The van der Waals surface area contributed by atoms with Crippen LogP contribution in [0.5, 0.6) is 0 Å². The normalized spacial score (nSPS) is 11.9. The lowest BCUT2D eigenvalue weighted by Crippen LogP contribution is -2.28. The van der Waals surface area contributed by atoms with Gasteiger partial charge in [-0.15, -0.1) is 0 Å². The molecule has 116 valence electrons. The first-order chi connectivity index (χ1) is 11.1. The van der Waals surface area contributed by atoms with Crippen molar-refractivity contribution in [1.82, 2.24) is 24.3 Å². The molecule has 0 aliphatic carbocycles. The predicted molar refractivity (Wildman–Crippen MR) is 84.0 cm³/mol. The van der Waals surface area contributed by atoms with E-state index in [0.29, 0.717) is 16.9 Å². The van der Waals surface area contributed by atoms with Gasteiger partial charge < -0.3 is 0 Å². The average Bonchev–Trinajstić information content (AvgIpc) is 3.09. The topological polar surface area (TPSA) is 78.0 Å². The Bertz CT molecular complexity index is 879. The Hall–Kier alpha value is -3.09. The van der Waals surface area contributed by atoms with Crippen LogP contribution in [0.2, 0.25) is 0 Å². The maximum absolute atomic E-state index is 12.8. The average molecular weight is 308 g/mol. The van der Waals surface area contributed by atoms with Gasteiger partial charge in [-0.2, -0.15) is 5.10 Å². The van der Waals surface area contributed by atoms with Gasteiger partial charge in [0.2, 0.25) is 0 Å². The molecule has 0 bridgehead atoms. The summed E-state index contributed by atoms with van der Waals surface area (Å²) in [5, 5.41) is 4.02. The third kappa shape index (κ3) is 3.23. The van der Waals surface area contributed by atoms with Gasteiger partial charge in [0.05, 0.1) is 0 Å². The number of rotatable bonds is 3. The van der Waals surface area contributed by atoms with Gasteiger partial charge in [0, 0.05) is 24.0 Å². The first-order valence-electron chi connectivity index (χ1n) is 7.22.